The number of methoxy groups -OCH3 is 1. The molecule has 0 aliphatic carbocycles. The van der Waals surface area contributed by atoms with Crippen molar-refractivity contribution in [2.45, 2.75) is 6.54 Å². The molecule has 0 spiro atoms. The molecule has 0 saturated heterocycles. The van der Waals surface area contributed by atoms with E-state index in [1.807, 2.05) is 12.1 Å². The summed E-state index contributed by atoms with van der Waals surface area (Å²) in [7, 11) is 5.50. The van der Waals surface area contributed by atoms with Gasteiger partial charge in [-0.05, 0) is 48.2 Å². The van der Waals surface area contributed by atoms with Gasteiger partial charge in [0.25, 0.3) is 0 Å². The number of fused-ring (bicyclic) bond motifs is 1. The number of hydrogen-bond acceptors (Lipinski definition) is 3. The predicted molar refractivity (Wildman–Crippen MR) is 79.5 cm³/mol. The summed E-state index contributed by atoms with van der Waals surface area (Å²) in [5, 5.41) is 1.03. The minimum atomic E-state index is -0.310. The Kier molecular flexibility index (Phi) is 4.27. The van der Waals surface area contributed by atoms with E-state index in [-0.39, 0.29) is 5.97 Å². The van der Waals surface area contributed by atoms with Crippen LogP contribution in [0.2, 0.25) is 0 Å². The lowest BCUT2D eigenvalue weighted by Gasteiger charge is -2.11. The van der Waals surface area contributed by atoms with E-state index in [9.17, 15) is 4.79 Å². The van der Waals surface area contributed by atoms with Gasteiger partial charge in [-0.1, -0.05) is 0 Å². The van der Waals surface area contributed by atoms with Gasteiger partial charge in [0.15, 0.2) is 0 Å². The minimum Gasteiger partial charge on any atom is -0.465 e. The summed E-state index contributed by atoms with van der Waals surface area (Å²) in [6.07, 6.45) is 2.05. The van der Waals surface area contributed by atoms with Crippen molar-refractivity contribution in [1.82, 2.24) is 9.47 Å². The summed E-state index contributed by atoms with van der Waals surface area (Å²) < 4.78 is 7.92. The molecule has 0 radical (unpaired) electrons. The molecule has 0 amide bonds. The van der Waals surface area contributed by atoms with E-state index in [1.54, 1.807) is 6.07 Å². The molecule has 0 unspecified atom stereocenters. The second-order valence-electron chi connectivity index (χ2n) is 4.70. The first-order valence-electron chi connectivity index (χ1n) is 6.04. The third-order valence-electron chi connectivity index (χ3n) is 3.04. The second-order valence-corrected chi connectivity index (χ2v) is 5.55. The number of likely N-dealkylation sites (N-methyl/N-ethyl adjacent to an activating group) is 1. The van der Waals surface area contributed by atoms with Crippen LogP contribution >= 0.6 is 15.9 Å². The van der Waals surface area contributed by atoms with Crippen molar-refractivity contribution in [1.29, 1.82) is 0 Å². The topological polar surface area (TPSA) is 34.5 Å². The maximum atomic E-state index is 11.5. The van der Waals surface area contributed by atoms with Crippen LogP contribution in [0.3, 0.4) is 0 Å². The van der Waals surface area contributed by atoms with Gasteiger partial charge < -0.3 is 14.2 Å². The molecule has 19 heavy (non-hydrogen) atoms. The number of esters is 1. The van der Waals surface area contributed by atoms with Crippen LogP contribution in [-0.2, 0) is 11.3 Å². The van der Waals surface area contributed by atoms with Crippen LogP contribution in [0.1, 0.15) is 10.4 Å². The number of aromatic nitrogens is 1. The van der Waals surface area contributed by atoms with Gasteiger partial charge in [0.2, 0.25) is 0 Å². The van der Waals surface area contributed by atoms with Gasteiger partial charge in [-0.15, -0.1) is 0 Å². The first-order chi connectivity index (χ1) is 9.02. The quantitative estimate of drug-likeness (QED) is 0.811. The lowest BCUT2D eigenvalue weighted by Crippen LogP contribution is -2.17. The van der Waals surface area contributed by atoms with Gasteiger partial charge in [0.1, 0.15) is 0 Å². The molecule has 0 aliphatic rings. The Bertz CT molecular complexity index is 605. The Balaban J connectivity index is 2.39. The number of ether oxygens (including phenoxy) is 1. The SMILES string of the molecule is COC(=O)c1ccc2c(c1)c(Br)cn2CCN(C)C. The summed E-state index contributed by atoms with van der Waals surface area (Å²) in [4.78, 5) is 13.7. The number of nitrogens with zero attached hydrogens (tertiary/aromatic N) is 2. The van der Waals surface area contributed by atoms with Crippen LogP contribution in [-0.4, -0.2) is 43.2 Å². The van der Waals surface area contributed by atoms with Crippen LogP contribution in [0.4, 0.5) is 0 Å². The van der Waals surface area contributed by atoms with E-state index >= 15 is 0 Å². The highest BCUT2D eigenvalue weighted by atomic mass is 79.9. The van der Waals surface area contributed by atoms with Crippen molar-refractivity contribution >= 4 is 32.8 Å². The third-order valence-corrected chi connectivity index (χ3v) is 3.67. The highest BCUT2D eigenvalue weighted by Gasteiger charge is 2.11. The lowest BCUT2D eigenvalue weighted by molar-refractivity contribution is 0.0601. The molecule has 0 N–H and O–H groups in total. The molecule has 0 bridgehead atoms. The molecule has 1 aromatic carbocycles. The molecule has 4 nitrogen and oxygen atoms in total. The Morgan fingerprint density at radius 2 is 2.16 bits per heavy atom. The molecule has 1 aromatic heterocycles. The second kappa shape index (κ2) is 5.75. The summed E-state index contributed by atoms with van der Waals surface area (Å²) in [5.74, 6) is -0.310. The number of rotatable bonds is 4. The lowest BCUT2D eigenvalue weighted by atomic mass is 10.1. The van der Waals surface area contributed by atoms with Crippen molar-refractivity contribution in [3.63, 3.8) is 0 Å². The monoisotopic (exact) mass is 324 g/mol. The van der Waals surface area contributed by atoms with Crippen LogP contribution in [0, 0.1) is 0 Å². The standard InChI is InChI=1S/C14H17BrN2O2/c1-16(2)6-7-17-9-12(15)11-8-10(14(18)19-3)4-5-13(11)17/h4-5,8-9H,6-7H2,1-3H3. The fourth-order valence-electron chi connectivity index (χ4n) is 1.99. The zero-order valence-electron chi connectivity index (χ0n) is 11.3. The first-order valence-corrected chi connectivity index (χ1v) is 6.83. The molecule has 1 heterocycles. The van der Waals surface area contributed by atoms with Crippen molar-refractivity contribution in [3.8, 4) is 0 Å². The van der Waals surface area contributed by atoms with Crippen molar-refractivity contribution in [2.75, 3.05) is 27.7 Å². The summed E-state index contributed by atoms with van der Waals surface area (Å²) in [5.41, 5.74) is 1.68. The van der Waals surface area contributed by atoms with Crippen LogP contribution in [0.5, 0.6) is 0 Å². The normalized spacial score (nSPS) is 11.2. The van der Waals surface area contributed by atoms with Crippen molar-refractivity contribution in [3.05, 3.63) is 34.4 Å². The number of carbonyl (C=O) groups excluding carboxylic acids is 1. The van der Waals surface area contributed by atoms with Crippen molar-refractivity contribution < 1.29 is 9.53 Å². The van der Waals surface area contributed by atoms with Gasteiger partial charge in [-0.2, -0.15) is 0 Å². The minimum absolute atomic E-state index is 0.310. The maximum absolute atomic E-state index is 11.5. The molecule has 2 aromatic rings. The number of halogens is 1. The molecule has 5 heteroatoms. The molecule has 0 aliphatic heterocycles. The Morgan fingerprint density at radius 3 is 2.79 bits per heavy atom. The molecular weight excluding hydrogens is 308 g/mol. The summed E-state index contributed by atoms with van der Waals surface area (Å²) in [6, 6.07) is 5.62. The Labute approximate surface area is 121 Å². The average molecular weight is 325 g/mol. The average Bonchev–Trinajstić information content (AvgIpc) is 2.72. The predicted octanol–water partition coefficient (Wildman–Crippen LogP) is 2.75. The molecule has 0 fully saturated rings. The van der Waals surface area contributed by atoms with Crippen LogP contribution in [0.15, 0.2) is 28.9 Å². The van der Waals surface area contributed by atoms with E-state index in [4.69, 9.17) is 4.74 Å². The maximum Gasteiger partial charge on any atom is 0.337 e. The van der Waals surface area contributed by atoms with E-state index in [1.165, 1.54) is 7.11 Å². The molecule has 102 valence electrons. The molecule has 0 saturated carbocycles. The summed E-state index contributed by atoms with van der Waals surface area (Å²) >= 11 is 3.54. The molecule has 2 rings (SSSR count). The first kappa shape index (κ1) is 14.1. The smallest absolute Gasteiger partial charge is 0.337 e. The summed E-state index contributed by atoms with van der Waals surface area (Å²) in [6.45, 7) is 1.88. The fourth-order valence-corrected chi connectivity index (χ4v) is 2.56. The van der Waals surface area contributed by atoms with E-state index in [0.717, 1.165) is 28.5 Å². The zero-order valence-corrected chi connectivity index (χ0v) is 12.9. The number of benzene rings is 1. The highest BCUT2D eigenvalue weighted by Crippen LogP contribution is 2.27. The van der Waals surface area contributed by atoms with E-state index in [2.05, 4.69) is 45.7 Å². The Morgan fingerprint density at radius 1 is 1.42 bits per heavy atom. The van der Waals surface area contributed by atoms with Gasteiger partial charge in [-0.3, -0.25) is 0 Å². The van der Waals surface area contributed by atoms with Gasteiger partial charge >= 0.3 is 5.97 Å². The fraction of sp³-hybridized carbons (Fsp3) is 0.357. The number of hydrogen-bond donors (Lipinski definition) is 0. The zero-order chi connectivity index (χ0) is 14.0. The Hall–Kier alpha value is -1.33. The number of carbonyl (C=O) groups is 1. The van der Waals surface area contributed by atoms with Crippen LogP contribution < -0.4 is 0 Å². The van der Waals surface area contributed by atoms with Gasteiger partial charge in [0, 0.05) is 34.7 Å². The third kappa shape index (κ3) is 2.98. The van der Waals surface area contributed by atoms with E-state index < -0.39 is 0 Å². The largest absolute Gasteiger partial charge is 0.465 e. The van der Waals surface area contributed by atoms with Crippen molar-refractivity contribution in [2.24, 2.45) is 0 Å². The van der Waals surface area contributed by atoms with Gasteiger partial charge in [-0.25, -0.2) is 4.79 Å². The highest BCUT2D eigenvalue weighted by molar-refractivity contribution is 9.10. The molecule has 0 atom stereocenters. The van der Waals surface area contributed by atoms with E-state index in [0.29, 0.717) is 5.56 Å². The molecular formula is C14H17BrN2O2. The van der Waals surface area contributed by atoms with Crippen LogP contribution in [0.25, 0.3) is 10.9 Å². The van der Waals surface area contributed by atoms with Gasteiger partial charge in [0.05, 0.1) is 12.7 Å².